The van der Waals surface area contributed by atoms with Gasteiger partial charge in [0.05, 0.1) is 7.11 Å². The fourth-order valence-corrected chi connectivity index (χ4v) is 2.90. The van der Waals surface area contributed by atoms with Crippen LogP contribution in [0.5, 0.6) is 5.75 Å². The maximum atomic E-state index is 11.4. The Labute approximate surface area is 119 Å². The number of nitrogens with zero attached hydrogens (tertiary/aromatic N) is 1. The van der Waals surface area contributed by atoms with Gasteiger partial charge in [-0.2, -0.15) is 0 Å². The molecular weight excluding hydrogens is 250 g/mol. The van der Waals surface area contributed by atoms with Crippen LogP contribution in [0.2, 0.25) is 0 Å². The minimum absolute atomic E-state index is 0.264. The van der Waals surface area contributed by atoms with Crippen molar-refractivity contribution in [2.24, 2.45) is 5.92 Å². The van der Waals surface area contributed by atoms with E-state index in [-0.39, 0.29) is 5.92 Å². The molecule has 0 aliphatic heterocycles. The van der Waals surface area contributed by atoms with Gasteiger partial charge in [0.2, 0.25) is 0 Å². The second-order valence-corrected chi connectivity index (χ2v) is 5.36. The van der Waals surface area contributed by atoms with Crippen LogP contribution in [0.1, 0.15) is 30.4 Å². The Hall–Kier alpha value is -1.87. The number of benzene rings is 1. The predicted molar refractivity (Wildman–Crippen MR) is 77.6 cm³/mol. The highest BCUT2D eigenvalue weighted by Gasteiger charge is 2.43. The third-order valence-corrected chi connectivity index (χ3v) is 4.33. The van der Waals surface area contributed by atoms with E-state index in [1.165, 1.54) is 6.42 Å². The lowest BCUT2D eigenvalue weighted by Gasteiger charge is -2.42. The molecular formula is C17H19NO2. The maximum Gasteiger partial charge on any atom is 0.119 e. The van der Waals surface area contributed by atoms with Gasteiger partial charge < -0.3 is 9.84 Å². The van der Waals surface area contributed by atoms with E-state index >= 15 is 0 Å². The average molecular weight is 269 g/mol. The van der Waals surface area contributed by atoms with E-state index in [4.69, 9.17) is 4.74 Å². The maximum absolute atomic E-state index is 11.4. The molecule has 104 valence electrons. The van der Waals surface area contributed by atoms with E-state index in [9.17, 15) is 5.11 Å². The van der Waals surface area contributed by atoms with Gasteiger partial charge in [-0.1, -0.05) is 24.6 Å². The van der Waals surface area contributed by atoms with Gasteiger partial charge in [0, 0.05) is 18.0 Å². The molecule has 20 heavy (non-hydrogen) atoms. The fourth-order valence-electron chi connectivity index (χ4n) is 2.90. The summed E-state index contributed by atoms with van der Waals surface area (Å²) in [6.45, 7) is 0. The Bertz CT molecular complexity index is 563. The summed E-state index contributed by atoms with van der Waals surface area (Å²) in [6, 6.07) is 11.5. The monoisotopic (exact) mass is 269 g/mol. The van der Waals surface area contributed by atoms with Crippen molar-refractivity contribution in [3.8, 4) is 5.75 Å². The summed E-state index contributed by atoms with van der Waals surface area (Å²) >= 11 is 0. The summed E-state index contributed by atoms with van der Waals surface area (Å²) in [4.78, 5) is 4.17. The van der Waals surface area contributed by atoms with Crippen molar-refractivity contribution in [2.45, 2.75) is 24.9 Å². The molecule has 0 amide bonds. The van der Waals surface area contributed by atoms with Gasteiger partial charge >= 0.3 is 0 Å². The smallest absolute Gasteiger partial charge is 0.119 e. The Kier molecular flexibility index (Phi) is 3.45. The molecule has 1 N–H and O–H groups in total. The van der Waals surface area contributed by atoms with Gasteiger partial charge in [0.15, 0.2) is 0 Å². The summed E-state index contributed by atoms with van der Waals surface area (Å²) in [5.41, 5.74) is 0.838. The summed E-state index contributed by atoms with van der Waals surface area (Å²) in [5.74, 6) is 1.07. The molecule has 0 saturated heterocycles. The van der Waals surface area contributed by atoms with Crippen molar-refractivity contribution in [3.05, 3.63) is 59.9 Å². The van der Waals surface area contributed by atoms with E-state index in [0.29, 0.717) is 0 Å². The van der Waals surface area contributed by atoms with Crippen molar-refractivity contribution in [1.82, 2.24) is 4.98 Å². The molecule has 1 saturated carbocycles. The van der Waals surface area contributed by atoms with E-state index < -0.39 is 5.60 Å². The van der Waals surface area contributed by atoms with E-state index in [2.05, 4.69) is 4.98 Å². The minimum Gasteiger partial charge on any atom is -0.497 e. The Morgan fingerprint density at radius 3 is 2.40 bits per heavy atom. The number of hydrogen-bond acceptors (Lipinski definition) is 3. The average Bonchev–Trinajstić information content (AvgIpc) is 2.46. The highest BCUT2D eigenvalue weighted by Crippen LogP contribution is 2.46. The van der Waals surface area contributed by atoms with Gasteiger partial charge in [0.25, 0.3) is 0 Å². The van der Waals surface area contributed by atoms with E-state index in [1.54, 1.807) is 19.5 Å². The van der Waals surface area contributed by atoms with E-state index in [1.807, 2.05) is 36.4 Å². The van der Waals surface area contributed by atoms with Crippen LogP contribution in [0, 0.1) is 5.92 Å². The van der Waals surface area contributed by atoms with Gasteiger partial charge in [-0.15, -0.1) is 0 Å². The number of pyridine rings is 1. The summed E-state index contributed by atoms with van der Waals surface area (Å²) < 4.78 is 5.19. The van der Waals surface area contributed by atoms with Crippen molar-refractivity contribution in [1.29, 1.82) is 0 Å². The molecule has 3 rings (SSSR count). The van der Waals surface area contributed by atoms with Crippen LogP contribution in [0.15, 0.2) is 48.8 Å². The first-order chi connectivity index (χ1) is 9.75. The third-order valence-electron chi connectivity index (χ3n) is 4.33. The largest absolute Gasteiger partial charge is 0.497 e. The van der Waals surface area contributed by atoms with Crippen LogP contribution in [-0.2, 0) is 5.60 Å². The molecule has 1 aliphatic carbocycles. The second kappa shape index (κ2) is 5.25. The van der Waals surface area contributed by atoms with Gasteiger partial charge in [-0.05, 0) is 42.5 Å². The molecule has 1 fully saturated rings. The van der Waals surface area contributed by atoms with Crippen molar-refractivity contribution in [2.75, 3.05) is 7.11 Å². The summed E-state index contributed by atoms with van der Waals surface area (Å²) in [6.07, 6.45) is 6.79. The highest BCUT2D eigenvalue weighted by molar-refractivity contribution is 5.39. The first-order valence-electron chi connectivity index (χ1n) is 7.02. The lowest BCUT2D eigenvalue weighted by Crippen LogP contribution is -2.40. The van der Waals surface area contributed by atoms with Crippen LogP contribution in [-0.4, -0.2) is 17.2 Å². The third kappa shape index (κ3) is 2.08. The lowest BCUT2D eigenvalue weighted by molar-refractivity contribution is -0.0202. The second-order valence-electron chi connectivity index (χ2n) is 5.36. The number of ether oxygens (including phenoxy) is 1. The Balaban J connectivity index is 2.05. The molecule has 1 aliphatic rings. The quantitative estimate of drug-likeness (QED) is 0.927. The van der Waals surface area contributed by atoms with Crippen molar-refractivity contribution in [3.63, 3.8) is 0 Å². The van der Waals surface area contributed by atoms with Crippen molar-refractivity contribution >= 4 is 0 Å². The summed E-state index contributed by atoms with van der Waals surface area (Å²) in [5, 5.41) is 11.4. The van der Waals surface area contributed by atoms with Crippen molar-refractivity contribution < 1.29 is 9.84 Å². The molecule has 3 heteroatoms. The summed E-state index contributed by atoms with van der Waals surface area (Å²) in [7, 11) is 1.65. The molecule has 1 aromatic heterocycles. The number of hydrogen-bond donors (Lipinski definition) is 1. The number of methoxy groups -OCH3 is 1. The minimum atomic E-state index is -0.946. The molecule has 2 aromatic rings. The van der Waals surface area contributed by atoms with Crippen LogP contribution in [0.25, 0.3) is 0 Å². The molecule has 1 atom stereocenters. The normalized spacial score (nSPS) is 18.1. The van der Waals surface area contributed by atoms with Crippen LogP contribution in [0.3, 0.4) is 0 Å². The molecule has 1 unspecified atom stereocenters. The number of aromatic nitrogens is 1. The molecule has 3 nitrogen and oxygen atoms in total. The molecule has 0 spiro atoms. The standard InChI is InChI=1S/C17H19NO2/c1-20-16-9-7-14(8-10-16)17(19,13-4-2-5-13)15-6-3-11-18-12-15/h3,6-13,19H,2,4-5H2,1H3. The topological polar surface area (TPSA) is 42.4 Å². The highest BCUT2D eigenvalue weighted by atomic mass is 16.5. The van der Waals surface area contributed by atoms with E-state index in [0.717, 1.165) is 29.7 Å². The number of aliphatic hydroxyl groups is 1. The van der Waals surface area contributed by atoms with Gasteiger partial charge in [-0.25, -0.2) is 0 Å². The molecule has 0 bridgehead atoms. The SMILES string of the molecule is COc1ccc(C(O)(c2cccnc2)C2CCC2)cc1. The zero-order chi connectivity index (χ0) is 14.0. The van der Waals surface area contributed by atoms with Crippen LogP contribution >= 0.6 is 0 Å². The zero-order valence-electron chi connectivity index (χ0n) is 11.6. The molecule has 0 radical (unpaired) electrons. The molecule has 1 aromatic carbocycles. The Morgan fingerprint density at radius 2 is 1.90 bits per heavy atom. The first kappa shape index (κ1) is 13.1. The Morgan fingerprint density at radius 1 is 1.15 bits per heavy atom. The predicted octanol–water partition coefficient (Wildman–Crippen LogP) is 3.13. The fraction of sp³-hybridized carbons (Fsp3) is 0.353. The van der Waals surface area contributed by atoms with Crippen LogP contribution in [0.4, 0.5) is 0 Å². The lowest BCUT2D eigenvalue weighted by atomic mass is 9.67. The van der Waals surface area contributed by atoms with Crippen LogP contribution < -0.4 is 4.74 Å². The number of rotatable bonds is 4. The first-order valence-corrected chi connectivity index (χ1v) is 7.02. The van der Waals surface area contributed by atoms with Gasteiger partial charge in [0.1, 0.15) is 11.4 Å². The zero-order valence-corrected chi connectivity index (χ0v) is 11.6. The van der Waals surface area contributed by atoms with Gasteiger partial charge in [-0.3, -0.25) is 4.98 Å². The molecule has 1 heterocycles.